The monoisotopic (exact) mass is 313 g/mol. The molecule has 1 aliphatic heterocycles. The fourth-order valence-corrected chi connectivity index (χ4v) is 4.95. The van der Waals surface area contributed by atoms with Crippen LogP contribution in [-0.4, -0.2) is 45.5 Å². The van der Waals surface area contributed by atoms with E-state index in [0.717, 1.165) is 5.56 Å². The largest absolute Gasteiger partial charge is 0.454 e. The molecule has 1 aromatic rings. The predicted molar refractivity (Wildman–Crippen MR) is 77.3 cm³/mol. The second-order valence-electron chi connectivity index (χ2n) is 5.59. The van der Waals surface area contributed by atoms with Crippen LogP contribution >= 0.6 is 0 Å². The van der Waals surface area contributed by atoms with Crippen LogP contribution in [0, 0.1) is 0 Å². The van der Waals surface area contributed by atoms with Crippen LogP contribution in [0.3, 0.4) is 0 Å². The van der Waals surface area contributed by atoms with Crippen molar-refractivity contribution in [3.8, 4) is 11.5 Å². The maximum atomic E-state index is 12.0. The molecule has 116 valence electrons. The molecule has 0 radical (unpaired) electrons. The number of hydrogen-bond donors (Lipinski definition) is 1. The molecule has 0 aromatic heterocycles. The number of ether oxygens (including phenoxy) is 3. The Labute approximate surface area is 124 Å². The molecule has 1 aliphatic carbocycles. The summed E-state index contributed by atoms with van der Waals surface area (Å²) >= 11 is 0. The molecule has 7 heteroatoms. The highest BCUT2D eigenvalue weighted by Gasteiger charge is 2.68. The van der Waals surface area contributed by atoms with Gasteiger partial charge in [-0.25, -0.2) is 8.42 Å². The summed E-state index contributed by atoms with van der Waals surface area (Å²) in [6.45, 7) is 2.77. The van der Waals surface area contributed by atoms with Crippen molar-refractivity contribution < 1.29 is 22.6 Å². The Morgan fingerprint density at radius 2 is 2.10 bits per heavy atom. The van der Waals surface area contributed by atoms with Crippen molar-refractivity contribution in [1.29, 1.82) is 0 Å². The van der Waals surface area contributed by atoms with Crippen molar-refractivity contribution in [2.45, 2.75) is 23.6 Å². The van der Waals surface area contributed by atoms with Crippen molar-refractivity contribution >= 4 is 9.84 Å². The number of fused-ring (bicyclic) bond motifs is 1. The number of sulfone groups is 1. The molecule has 3 rings (SSSR count). The van der Waals surface area contributed by atoms with E-state index >= 15 is 0 Å². The Morgan fingerprint density at radius 3 is 2.76 bits per heavy atom. The average molecular weight is 313 g/mol. The van der Waals surface area contributed by atoms with Gasteiger partial charge >= 0.3 is 0 Å². The topological polar surface area (TPSA) is 87.8 Å². The quantitative estimate of drug-likeness (QED) is 0.859. The fourth-order valence-electron chi connectivity index (χ4n) is 3.11. The zero-order chi connectivity index (χ0) is 15.3. The first-order valence-electron chi connectivity index (χ1n) is 6.83. The van der Waals surface area contributed by atoms with Gasteiger partial charge in [0.25, 0.3) is 0 Å². The second-order valence-corrected chi connectivity index (χ2v) is 7.76. The minimum absolute atomic E-state index is 0.186. The van der Waals surface area contributed by atoms with Gasteiger partial charge in [0.15, 0.2) is 21.3 Å². The molecule has 0 bridgehead atoms. The lowest BCUT2D eigenvalue weighted by Crippen LogP contribution is -2.36. The molecule has 2 aliphatic rings. The normalized spacial score (nSPS) is 30.4. The van der Waals surface area contributed by atoms with E-state index in [9.17, 15) is 8.42 Å². The first-order chi connectivity index (χ1) is 9.88. The number of nitrogens with two attached hydrogens (primary N) is 1. The van der Waals surface area contributed by atoms with Crippen molar-refractivity contribution in [3.05, 3.63) is 23.8 Å². The third-order valence-corrected chi connectivity index (χ3v) is 5.71. The van der Waals surface area contributed by atoms with E-state index in [2.05, 4.69) is 0 Å². The molecule has 0 amide bonds. The zero-order valence-electron chi connectivity index (χ0n) is 12.0. The molecular weight excluding hydrogens is 294 g/mol. The van der Waals surface area contributed by atoms with Crippen molar-refractivity contribution in [1.82, 2.24) is 0 Å². The molecule has 0 spiro atoms. The van der Waals surface area contributed by atoms with Crippen LogP contribution in [0.1, 0.15) is 18.4 Å². The summed E-state index contributed by atoms with van der Waals surface area (Å²) < 4.78 is 40.0. The molecule has 1 aromatic carbocycles. The summed E-state index contributed by atoms with van der Waals surface area (Å²) in [5, 5.41) is -0.628. The molecule has 0 saturated heterocycles. The maximum Gasteiger partial charge on any atom is 0.231 e. The van der Waals surface area contributed by atoms with E-state index in [0.29, 0.717) is 18.1 Å². The zero-order valence-corrected chi connectivity index (χ0v) is 12.9. The van der Waals surface area contributed by atoms with Gasteiger partial charge in [0, 0.05) is 18.8 Å². The van der Waals surface area contributed by atoms with E-state index in [4.69, 9.17) is 19.9 Å². The van der Waals surface area contributed by atoms with Gasteiger partial charge in [0.2, 0.25) is 6.79 Å². The Morgan fingerprint density at radius 1 is 1.38 bits per heavy atom. The first-order valence-corrected chi connectivity index (χ1v) is 8.78. The number of hydrogen-bond acceptors (Lipinski definition) is 6. The van der Waals surface area contributed by atoms with Gasteiger partial charge in [-0.15, -0.1) is 0 Å². The summed E-state index contributed by atoms with van der Waals surface area (Å²) in [5.41, 5.74) is 6.27. The van der Waals surface area contributed by atoms with Gasteiger partial charge in [0.1, 0.15) is 0 Å². The van der Waals surface area contributed by atoms with Crippen LogP contribution in [0.4, 0.5) is 0 Å². The highest BCUT2D eigenvalue weighted by Crippen LogP contribution is 2.55. The minimum Gasteiger partial charge on any atom is -0.454 e. The van der Waals surface area contributed by atoms with Crippen molar-refractivity contribution in [2.24, 2.45) is 5.73 Å². The molecule has 0 unspecified atom stereocenters. The average Bonchev–Trinajstić information content (AvgIpc) is 2.81. The lowest BCUT2D eigenvalue weighted by atomic mass is 10.1. The van der Waals surface area contributed by atoms with Crippen molar-refractivity contribution in [3.63, 3.8) is 0 Å². The van der Waals surface area contributed by atoms with Gasteiger partial charge < -0.3 is 19.9 Å². The van der Waals surface area contributed by atoms with Crippen LogP contribution in [-0.2, 0) is 14.6 Å². The summed E-state index contributed by atoms with van der Waals surface area (Å²) in [5.74, 6) is 1.02. The lowest BCUT2D eigenvalue weighted by Gasteiger charge is -2.11. The highest BCUT2D eigenvalue weighted by atomic mass is 32.2. The second kappa shape index (κ2) is 4.86. The van der Waals surface area contributed by atoms with Gasteiger partial charge in [-0.1, -0.05) is 6.07 Å². The number of benzene rings is 1. The van der Waals surface area contributed by atoms with E-state index in [1.807, 2.05) is 19.1 Å². The molecule has 21 heavy (non-hydrogen) atoms. The number of rotatable bonds is 5. The van der Waals surface area contributed by atoms with Crippen LogP contribution in [0.25, 0.3) is 0 Å². The van der Waals surface area contributed by atoms with E-state index in [-0.39, 0.29) is 19.3 Å². The smallest absolute Gasteiger partial charge is 0.231 e. The Bertz CT molecular complexity index is 659. The first kappa shape index (κ1) is 14.6. The SMILES string of the molecule is CCOC[C@@]1(N)[C@@H](c2ccc3c(c2)OCO3)[C@@H]1S(C)(=O)=O. The predicted octanol–water partition coefficient (Wildman–Crippen LogP) is 0.660. The molecule has 6 nitrogen and oxygen atoms in total. The molecule has 1 saturated carbocycles. The molecule has 3 atom stereocenters. The summed E-state index contributed by atoms with van der Waals surface area (Å²) in [6.07, 6.45) is 1.22. The molecule has 1 fully saturated rings. The highest BCUT2D eigenvalue weighted by molar-refractivity contribution is 7.91. The molecule has 2 N–H and O–H groups in total. The fraction of sp³-hybridized carbons (Fsp3) is 0.571. The summed E-state index contributed by atoms with van der Waals surface area (Å²) in [6, 6.07) is 5.44. The van der Waals surface area contributed by atoms with Crippen LogP contribution in [0.15, 0.2) is 18.2 Å². The molecule has 1 heterocycles. The maximum absolute atomic E-state index is 12.0. The van der Waals surface area contributed by atoms with Gasteiger partial charge in [-0.3, -0.25) is 0 Å². The van der Waals surface area contributed by atoms with Crippen LogP contribution in [0.2, 0.25) is 0 Å². The third kappa shape index (κ3) is 2.39. The third-order valence-electron chi connectivity index (χ3n) is 4.08. The van der Waals surface area contributed by atoms with Crippen LogP contribution in [0.5, 0.6) is 11.5 Å². The molecular formula is C14H19NO5S. The van der Waals surface area contributed by atoms with E-state index in [1.54, 1.807) is 6.07 Å². The minimum atomic E-state index is -3.26. The Kier molecular flexibility index (Phi) is 3.38. The van der Waals surface area contributed by atoms with Gasteiger partial charge in [-0.2, -0.15) is 0 Å². The van der Waals surface area contributed by atoms with Gasteiger partial charge in [0.05, 0.1) is 17.4 Å². The Hall–Kier alpha value is -1.31. The Balaban J connectivity index is 1.93. The lowest BCUT2D eigenvalue weighted by molar-refractivity contribution is 0.125. The van der Waals surface area contributed by atoms with E-state index in [1.165, 1.54) is 6.26 Å². The summed E-state index contributed by atoms with van der Waals surface area (Å²) in [4.78, 5) is 0. The van der Waals surface area contributed by atoms with Crippen LogP contribution < -0.4 is 15.2 Å². The van der Waals surface area contributed by atoms with Crippen molar-refractivity contribution in [2.75, 3.05) is 26.3 Å². The van der Waals surface area contributed by atoms with E-state index < -0.39 is 20.6 Å². The summed E-state index contributed by atoms with van der Waals surface area (Å²) in [7, 11) is -3.26. The van der Waals surface area contributed by atoms with Gasteiger partial charge in [-0.05, 0) is 24.6 Å². The standard InChI is InChI=1S/C14H19NO5S/c1-3-18-7-14(15)12(13(14)21(2,16)17)9-4-5-10-11(6-9)20-8-19-10/h4-6,12-13H,3,7-8,15H2,1-2H3/t12-,13-,14+/m0/s1.